The summed E-state index contributed by atoms with van der Waals surface area (Å²) in [4.78, 5) is 0. The third-order valence-electron chi connectivity index (χ3n) is 2.61. The Morgan fingerprint density at radius 3 is 2.47 bits per heavy atom. The zero-order valence-corrected chi connectivity index (χ0v) is 9.83. The van der Waals surface area contributed by atoms with Crippen molar-refractivity contribution in [1.82, 2.24) is 0 Å². The monoisotopic (exact) mass is 231 g/mol. The Morgan fingerprint density at radius 1 is 1.06 bits per heavy atom. The van der Waals surface area contributed by atoms with Crippen LogP contribution in [0.2, 0.25) is 0 Å². The zero-order chi connectivity index (χ0) is 12.4. The molecule has 0 saturated heterocycles. The summed E-state index contributed by atoms with van der Waals surface area (Å²) in [5.74, 6) is 0.750. The van der Waals surface area contributed by atoms with Crippen LogP contribution in [-0.2, 0) is 0 Å². The van der Waals surface area contributed by atoms with E-state index in [0.29, 0.717) is 22.7 Å². The molecule has 2 aromatic carbocycles. The van der Waals surface area contributed by atoms with Crippen molar-refractivity contribution in [2.24, 2.45) is 0 Å². The van der Waals surface area contributed by atoms with Crippen molar-refractivity contribution >= 4 is 5.69 Å². The minimum atomic E-state index is -0.283. The number of para-hydroxylation sites is 1. The molecule has 3 heteroatoms. The third-order valence-corrected chi connectivity index (χ3v) is 2.61. The first-order chi connectivity index (χ1) is 8.08. The van der Waals surface area contributed by atoms with Gasteiger partial charge in [-0.3, -0.25) is 0 Å². The SMILES string of the molecule is Cc1ccc(Oc2c(C)cccc2N)cc1F. The van der Waals surface area contributed by atoms with Gasteiger partial charge < -0.3 is 10.5 Å². The van der Waals surface area contributed by atoms with Crippen LogP contribution in [0.5, 0.6) is 11.5 Å². The van der Waals surface area contributed by atoms with Crippen molar-refractivity contribution in [2.75, 3.05) is 5.73 Å². The van der Waals surface area contributed by atoms with Gasteiger partial charge in [-0.2, -0.15) is 0 Å². The fraction of sp³-hybridized carbons (Fsp3) is 0.143. The number of rotatable bonds is 2. The Hall–Kier alpha value is -2.03. The van der Waals surface area contributed by atoms with Gasteiger partial charge in [0, 0.05) is 6.07 Å². The number of nitrogens with two attached hydrogens (primary N) is 1. The fourth-order valence-electron chi connectivity index (χ4n) is 1.57. The first-order valence-corrected chi connectivity index (χ1v) is 5.37. The van der Waals surface area contributed by atoms with E-state index in [1.807, 2.05) is 19.1 Å². The van der Waals surface area contributed by atoms with E-state index in [1.165, 1.54) is 6.07 Å². The highest BCUT2D eigenvalue weighted by Crippen LogP contribution is 2.31. The van der Waals surface area contributed by atoms with Gasteiger partial charge in [0.15, 0.2) is 5.75 Å². The molecule has 2 nitrogen and oxygen atoms in total. The number of ether oxygens (including phenoxy) is 1. The summed E-state index contributed by atoms with van der Waals surface area (Å²) >= 11 is 0. The standard InChI is InChI=1S/C14H14FNO/c1-9-6-7-11(8-12(9)15)17-14-10(2)4-3-5-13(14)16/h3-8H,16H2,1-2H3. The van der Waals surface area contributed by atoms with E-state index in [2.05, 4.69) is 0 Å². The summed E-state index contributed by atoms with van der Waals surface area (Å²) in [6, 6.07) is 10.3. The minimum Gasteiger partial charge on any atom is -0.455 e. The lowest BCUT2D eigenvalue weighted by Crippen LogP contribution is -1.95. The Balaban J connectivity index is 2.35. The van der Waals surface area contributed by atoms with Crippen LogP contribution in [0.3, 0.4) is 0 Å². The van der Waals surface area contributed by atoms with Crippen LogP contribution in [0.1, 0.15) is 11.1 Å². The van der Waals surface area contributed by atoms with Crippen LogP contribution in [0, 0.1) is 19.7 Å². The number of hydrogen-bond donors (Lipinski definition) is 1. The summed E-state index contributed by atoms with van der Waals surface area (Å²) in [5.41, 5.74) is 7.88. The maximum atomic E-state index is 13.4. The van der Waals surface area contributed by atoms with E-state index in [1.54, 1.807) is 25.1 Å². The maximum Gasteiger partial charge on any atom is 0.153 e. The Kier molecular flexibility index (Phi) is 3.00. The molecule has 17 heavy (non-hydrogen) atoms. The fourth-order valence-corrected chi connectivity index (χ4v) is 1.57. The summed E-state index contributed by atoms with van der Waals surface area (Å²) in [6.45, 7) is 3.61. The Labute approximate surface area is 99.8 Å². The average molecular weight is 231 g/mol. The lowest BCUT2D eigenvalue weighted by atomic mass is 10.2. The third kappa shape index (κ3) is 2.38. The molecule has 0 radical (unpaired) electrons. The molecule has 2 N–H and O–H groups in total. The van der Waals surface area contributed by atoms with Gasteiger partial charge in [-0.05, 0) is 37.1 Å². The van der Waals surface area contributed by atoms with Crippen LogP contribution in [0.25, 0.3) is 0 Å². The predicted octanol–water partition coefficient (Wildman–Crippen LogP) is 3.82. The normalized spacial score (nSPS) is 10.3. The molecule has 0 fully saturated rings. The molecular weight excluding hydrogens is 217 g/mol. The topological polar surface area (TPSA) is 35.2 Å². The van der Waals surface area contributed by atoms with Crippen molar-refractivity contribution in [3.63, 3.8) is 0 Å². The van der Waals surface area contributed by atoms with Crippen LogP contribution in [-0.4, -0.2) is 0 Å². The smallest absolute Gasteiger partial charge is 0.153 e. The number of benzene rings is 2. The van der Waals surface area contributed by atoms with Gasteiger partial charge in [0.2, 0.25) is 0 Å². The number of hydrogen-bond acceptors (Lipinski definition) is 2. The molecule has 0 amide bonds. The lowest BCUT2D eigenvalue weighted by Gasteiger charge is -2.11. The van der Waals surface area contributed by atoms with Gasteiger partial charge in [-0.25, -0.2) is 4.39 Å². The second-order valence-corrected chi connectivity index (χ2v) is 4.01. The number of aryl methyl sites for hydroxylation is 2. The average Bonchev–Trinajstić information content (AvgIpc) is 2.28. The van der Waals surface area contributed by atoms with Crippen molar-refractivity contribution < 1.29 is 9.13 Å². The van der Waals surface area contributed by atoms with Crippen molar-refractivity contribution in [2.45, 2.75) is 13.8 Å². The van der Waals surface area contributed by atoms with E-state index >= 15 is 0 Å². The van der Waals surface area contributed by atoms with Crippen molar-refractivity contribution in [3.05, 3.63) is 53.3 Å². The Morgan fingerprint density at radius 2 is 1.82 bits per heavy atom. The van der Waals surface area contributed by atoms with Crippen LogP contribution >= 0.6 is 0 Å². The molecule has 0 unspecified atom stereocenters. The molecule has 2 aromatic rings. The highest BCUT2D eigenvalue weighted by molar-refractivity contribution is 5.57. The van der Waals surface area contributed by atoms with Gasteiger partial charge in [0.1, 0.15) is 11.6 Å². The molecule has 0 aliphatic heterocycles. The van der Waals surface area contributed by atoms with E-state index in [9.17, 15) is 4.39 Å². The molecule has 0 aliphatic rings. The van der Waals surface area contributed by atoms with Crippen molar-refractivity contribution in [3.8, 4) is 11.5 Å². The molecule has 2 rings (SSSR count). The van der Waals surface area contributed by atoms with Gasteiger partial charge in [0.05, 0.1) is 5.69 Å². The van der Waals surface area contributed by atoms with Gasteiger partial charge in [-0.15, -0.1) is 0 Å². The predicted molar refractivity (Wildman–Crippen MR) is 66.8 cm³/mol. The first kappa shape index (κ1) is 11.5. The molecule has 0 heterocycles. The highest BCUT2D eigenvalue weighted by Gasteiger charge is 2.07. The zero-order valence-electron chi connectivity index (χ0n) is 9.83. The van der Waals surface area contributed by atoms with Crippen LogP contribution < -0.4 is 10.5 Å². The van der Waals surface area contributed by atoms with E-state index in [4.69, 9.17) is 10.5 Å². The molecule has 0 aromatic heterocycles. The highest BCUT2D eigenvalue weighted by atomic mass is 19.1. The number of anilines is 1. The van der Waals surface area contributed by atoms with Gasteiger partial charge >= 0.3 is 0 Å². The molecular formula is C14H14FNO. The molecule has 0 spiro atoms. The largest absolute Gasteiger partial charge is 0.455 e. The lowest BCUT2D eigenvalue weighted by molar-refractivity contribution is 0.475. The van der Waals surface area contributed by atoms with E-state index < -0.39 is 0 Å². The summed E-state index contributed by atoms with van der Waals surface area (Å²) < 4.78 is 19.0. The molecule has 0 aliphatic carbocycles. The molecule has 0 atom stereocenters. The summed E-state index contributed by atoms with van der Waals surface area (Å²) in [6.07, 6.45) is 0. The van der Waals surface area contributed by atoms with Crippen molar-refractivity contribution in [1.29, 1.82) is 0 Å². The van der Waals surface area contributed by atoms with Crippen LogP contribution in [0.15, 0.2) is 36.4 Å². The molecule has 88 valence electrons. The minimum absolute atomic E-state index is 0.283. The summed E-state index contributed by atoms with van der Waals surface area (Å²) in [5, 5.41) is 0. The number of halogens is 1. The van der Waals surface area contributed by atoms with Gasteiger partial charge in [0.25, 0.3) is 0 Å². The van der Waals surface area contributed by atoms with E-state index in [0.717, 1.165) is 5.56 Å². The maximum absolute atomic E-state index is 13.4. The van der Waals surface area contributed by atoms with E-state index in [-0.39, 0.29) is 5.82 Å². The summed E-state index contributed by atoms with van der Waals surface area (Å²) in [7, 11) is 0. The Bertz CT molecular complexity index is 532. The second kappa shape index (κ2) is 4.45. The van der Waals surface area contributed by atoms with Gasteiger partial charge in [-0.1, -0.05) is 18.2 Å². The quantitative estimate of drug-likeness (QED) is 0.797. The number of nitrogen functional groups attached to an aromatic ring is 1. The van der Waals surface area contributed by atoms with Crippen LogP contribution in [0.4, 0.5) is 10.1 Å². The molecule has 0 saturated carbocycles. The first-order valence-electron chi connectivity index (χ1n) is 5.37. The molecule has 0 bridgehead atoms. The second-order valence-electron chi connectivity index (χ2n) is 4.01.